The van der Waals surface area contributed by atoms with Gasteiger partial charge in [-0.2, -0.15) is 0 Å². The summed E-state index contributed by atoms with van der Waals surface area (Å²) in [6, 6.07) is -0.639. The van der Waals surface area contributed by atoms with Gasteiger partial charge in [-0.25, -0.2) is 0 Å². The fraction of sp³-hybridized carbons (Fsp3) is 0.896. The highest BCUT2D eigenvalue weighted by Gasteiger charge is 2.18. The Morgan fingerprint density at radius 2 is 0.549 bits per heavy atom. The minimum absolute atomic E-state index is 0.0662. The molecule has 3 N–H and O–H groups in total. The number of hydrogen-bond donors (Lipinski definition) is 3. The van der Waals surface area contributed by atoms with Gasteiger partial charge in [-0.3, -0.25) is 4.79 Å². The topological polar surface area (TPSA) is 69.6 Å². The monoisotopic (exact) mass is 996 g/mol. The zero-order valence-electron chi connectivity index (χ0n) is 48.5. The van der Waals surface area contributed by atoms with Gasteiger partial charge in [0.1, 0.15) is 0 Å². The first-order valence-electron chi connectivity index (χ1n) is 32.7. The van der Waals surface area contributed by atoms with E-state index in [2.05, 4.69) is 43.5 Å². The Balaban J connectivity index is 3.45. The van der Waals surface area contributed by atoms with E-state index in [1.54, 1.807) is 6.08 Å². The average Bonchev–Trinajstić information content (AvgIpc) is 3.37. The van der Waals surface area contributed by atoms with Gasteiger partial charge in [0.25, 0.3) is 0 Å². The molecule has 71 heavy (non-hydrogen) atoms. The Hall–Kier alpha value is -1.39. The van der Waals surface area contributed by atoms with E-state index in [0.29, 0.717) is 6.42 Å². The molecule has 0 aromatic carbocycles. The predicted octanol–water partition coefficient (Wildman–Crippen LogP) is 22.0. The first-order valence-corrected chi connectivity index (χ1v) is 32.7. The van der Waals surface area contributed by atoms with E-state index in [-0.39, 0.29) is 12.5 Å². The molecule has 0 aromatic heterocycles. The second kappa shape index (κ2) is 62.9. The van der Waals surface area contributed by atoms with E-state index >= 15 is 0 Å². The molecule has 0 heterocycles. The maximum atomic E-state index is 12.5. The molecule has 0 aromatic rings. The first-order chi connectivity index (χ1) is 35.2. The van der Waals surface area contributed by atoms with Crippen molar-refractivity contribution in [1.29, 1.82) is 0 Å². The van der Waals surface area contributed by atoms with Crippen molar-refractivity contribution in [1.82, 2.24) is 5.32 Å². The molecule has 0 saturated carbocycles. The molecule has 0 aliphatic heterocycles. The molecule has 420 valence electrons. The standard InChI is InChI=1S/C67H129NO3/c1-3-5-7-9-11-13-15-17-19-21-23-25-27-29-31-32-33-34-35-36-37-39-41-43-45-47-49-51-53-55-57-59-61-63-67(71)68-65(64-69)66(70)62-60-58-56-54-52-50-48-46-44-42-40-38-30-28-26-24-22-20-18-16-14-12-10-8-6-4-2/h21,23,52,54,60,62,65-66,69-70H,3-20,22,24-51,53,55-59,61,63-64H2,1-2H3,(H,68,71)/b23-21-,54-52+,62-60+. The summed E-state index contributed by atoms with van der Waals surface area (Å²) < 4.78 is 0. The van der Waals surface area contributed by atoms with E-state index in [4.69, 9.17) is 0 Å². The van der Waals surface area contributed by atoms with Gasteiger partial charge in [-0.1, -0.05) is 339 Å². The molecule has 2 atom stereocenters. The van der Waals surface area contributed by atoms with Crippen molar-refractivity contribution in [3.63, 3.8) is 0 Å². The summed E-state index contributed by atoms with van der Waals surface area (Å²) in [5, 5.41) is 23.2. The molecule has 0 saturated heterocycles. The summed E-state index contributed by atoms with van der Waals surface area (Å²) in [6.45, 7) is 4.34. The molecule has 2 unspecified atom stereocenters. The smallest absolute Gasteiger partial charge is 0.220 e. The lowest BCUT2D eigenvalue weighted by Gasteiger charge is -2.19. The van der Waals surface area contributed by atoms with Gasteiger partial charge in [0.05, 0.1) is 18.8 Å². The minimum Gasteiger partial charge on any atom is -0.394 e. The molecular weight excluding hydrogens is 867 g/mol. The van der Waals surface area contributed by atoms with Crippen molar-refractivity contribution in [2.75, 3.05) is 6.61 Å². The second-order valence-corrected chi connectivity index (χ2v) is 22.5. The number of carbonyl (C=O) groups excluding carboxylic acids is 1. The lowest BCUT2D eigenvalue weighted by atomic mass is 10.0. The zero-order valence-corrected chi connectivity index (χ0v) is 48.5. The molecule has 0 radical (unpaired) electrons. The van der Waals surface area contributed by atoms with Crippen molar-refractivity contribution >= 4 is 5.91 Å². The van der Waals surface area contributed by atoms with E-state index in [0.717, 1.165) is 32.1 Å². The average molecular weight is 997 g/mol. The van der Waals surface area contributed by atoms with Gasteiger partial charge in [0.2, 0.25) is 5.91 Å². The predicted molar refractivity (Wildman–Crippen MR) is 318 cm³/mol. The van der Waals surface area contributed by atoms with Crippen LogP contribution < -0.4 is 5.32 Å². The summed E-state index contributed by atoms with van der Waals surface area (Å²) in [7, 11) is 0. The number of carbonyl (C=O) groups is 1. The summed E-state index contributed by atoms with van der Waals surface area (Å²) >= 11 is 0. The third kappa shape index (κ3) is 59.4. The second-order valence-electron chi connectivity index (χ2n) is 22.5. The number of amides is 1. The van der Waals surface area contributed by atoms with Gasteiger partial charge in [0, 0.05) is 6.42 Å². The van der Waals surface area contributed by atoms with E-state index < -0.39 is 12.1 Å². The highest BCUT2D eigenvalue weighted by Crippen LogP contribution is 2.18. The minimum atomic E-state index is -0.862. The summed E-state index contributed by atoms with van der Waals surface area (Å²) in [4.78, 5) is 12.5. The number of aliphatic hydroxyl groups excluding tert-OH is 2. The van der Waals surface area contributed by atoms with Crippen LogP contribution in [0.5, 0.6) is 0 Å². The normalized spacial score (nSPS) is 12.9. The van der Waals surface area contributed by atoms with Crippen LogP contribution >= 0.6 is 0 Å². The summed E-state index contributed by atoms with van der Waals surface area (Å²) in [5.74, 6) is -0.0662. The van der Waals surface area contributed by atoms with Crippen molar-refractivity contribution < 1.29 is 15.0 Å². The number of rotatable bonds is 61. The molecule has 4 heteroatoms. The quantitative estimate of drug-likeness (QED) is 0.0420. The largest absolute Gasteiger partial charge is 0.394 e. The van der Waals surface area contributed by atoms with Crippen LogP contribution in [0.25, 0.3) is 0 Å². The van der Waals surface area contributed by atoms with Crippen LogP contribution in [-0.4, -0.2) is 34.9 Å². The van der Waals surface area contributed by atoms with E-state index in [1.165, 1.54) is 315 Å². The lowest BCUT2D eigenvalue weighted by Crippen LogP contribution is -2.45. The van der Waals surface area contributed by atoms with E-state index in [9.17, 15) is 15.0 Å². The molecule has 0 fully saturated rings. The molecule has 1 amide bonds. The molecule has 4 nitrogen and oxygen atoms in total. The molecule has 0 rings (SSSR count). The SMILES string of the molecule is CCCCCCCCCC/C=C\CCCCCCCCCCCCCCCCCCCCCCCC(=O)NC(CO)C(O)/C=C/CC/C=C/CCCCCCCCCCCCCCCCCCCCCC. The molecule has 0 aliphatic carbocycles. The number of nitrogens with one attached hydrogen (secondary N) is 1. The zero-order chi connectivity index (χ0) is 51.3. The van der Waals surface area contributed by atoms with Gasteiger partial charge >= 0.3 is 0 Å². The van der Waals surface area contributed by atoms with Gasteiger partial charge in [-0.05, 0) is 57.8 Å². The maximum Gasteiger partial charge on any atom is 0.220 e. The van der Waals surface area contributed by atoms with Crippen LogP contribution in [0.15, 0.2) is 36.5 Å². The Morgan fingerprint density at radius 1 is 0.324 bits per heavy atom. The number of hydrogen-bond acceptors (Lipinski definition) is 3. The summed E-state index contributed by atoms with van der Waals surface area (Å²) in [5.41, 5.74) is 0. The Morgan fingerprint density at radius 3 is 0.817 bits per heavy atom. The fourth-order valence-corrected chi connectivity index (χ4v) is 10.4. The first kappa shape index (κ1) is 69.6. The van der Waals surface area contributed by atoms with Gasteiger partial charge in [0.15, 0.2) is 0 Å². The van der Waals surface area contributed by atoms with Gasteiger partial charge < -0.3 is 15.5 Å². The van der Waals surface area contributed by atoms with Crippen LogP contribution in [0, 0.1) is 0 Å². The third-order valence-electron chi connectivity index (χ3n) is 15.3. The highest BCUT2D eigenvalue weighted by molar-refractivity contribution is 5.76. The third-order valence-corrected chi connectivity index (χ3v) is 15.3. The maximum absolute atomic E-state index is 12.5. The van der Waals surface area contributed by atoms with Gasteiger partial charge in [-0.15, -0.1) is 0 Å². The number of unbranched alkanes of at least 4 members (excludes halogenated alkanes) is 50. The molecular formula is C67H129NO3. The van der Waals surface area contributed by atoms with Crippen molar-refractivity contribution in [3.05, 3.63) is 36.5 Å². The van der Waals surface area contributed by atoms with Crippen LogP contribution in [0.4, 0.5) is 0 Å². The number of aliphatic hydroxyl groups is 2. The Kier molecular flexibility index (Phi) is 61.7. The van der Waals surface area contributed by atoms with Crippen LogP contribution in [0.1, 0.15) is 367 Å². The van der Waals surface area contributed by atoms with Crippen molar-refractivity contribution in [2.24, 2.45) is 0 Å². The van der Waals surface area contributed by atoms with Crippen LogP contribution in [-0.2, 0) is 4.79 Å². The molecule has 0 bridgehead atoms. The Bertz CT molecular complexity index is 1080. The van der Waals surface area contributed by atoms with Crippen LogP contribution in [0.2, 0.25) is 0 Å². The summed E-state index contributed by atoms with van der Waals surface area (Å²) in [6.07, 6.45) is 86.5. The van der Waals surface area contributed by atoms with Crippen molar-refractivity contribution in [3.8, 4) is 0 Å². The number of allylic oxidation sites excluding steroid dienone is 5. The van der Waals surface area contributed by atoms with Crippen LogP contribution in [0.3, 0.4) is 0 Å². The lowest BCUT2D eigenvalue weighted by molar-refractivity contribution is -0.123. The van der Waals surface area contributed by atoms with Crippen molar-refractivity contribution in [2.45, 2.75) is 379 Å². The molecule has 0 aliphatic rings. The fourth-order valence-electron chi connectivity index (χ4n) is 10.4. The Labute approximate surface area is 446 Å². The molecule has 0 spiro atoms. The van der Waals surface area contributed by atoms with E-state index in [1.807, 2.05) is 6.08 Å². The highest BCUT2D eigenvalue weighted by atomic mass is 16.3.